The van der Waals surface area contributed by atoms with Crippen molar-refractivity contribution in [2.75, 3.05) is 6.61 Å². The van der Waals surface area contributed by atoms with Crippen LogP contribution in [0.15, 0.2) is 42.5 Å². The monoisotopic (exact) mass is 490 g/mol. The van der Waals surface area contributed by atoms with Crippen LogP contribution in [0.25, 0.3) is 11.1 Å². The predicted octanol–water partition coefficient (Wildman–Crippen LogP) is 7.69. The van der Waals surface area contributed by atoms with Crippen LogP contribution in [0, 0.1) is 13.8 Å². The van der Waals surface area contributed by atoms with E-state index in [1.165, 1.54) is 6.07 Å². The molecule has 34 heavy (non-hydrogen) atoms. The molecular weight excluding hydrogens is 461 g/mol. The van der Waals surface area contributed by atoms with Gasteiger partial charge in [0, 0.05) is 6.42 Å². The van der Waals surface area contributed by atoms with E-state index in [-0.39, 0.29) is 12.6 Å². The summed E-state index contributed by atoms with van der Waals surface area (Å²) in [4.78, 5) is 11.6. The van der Waals surface area contributed by atoms with Crippen molar-refractivity contribution in [1.82, 2.24) is 0 Å². The molecule has 0 aliphatic carbocycles. The van der Waals surface area contributed by atoms with Crippen LogP contribution in [0.2, 0.25) is 0 Å². The average Bonchev–Trinajstić information content (AvgIpc) is 3.24. The van der Waals surface area contributed by atoms with E-state index in [4.69, 9.17) is 9.47 Å². The Morgan fingerprint density at radius 3 is 2.32 bits per heavy atom. The number of benzene rings is 2. The number of alkyl halides is 3. The molecule has 3 aromatic rings. The van der Waals surface area contributed by atoms with Crippen molar-refractivity contribution in [2.24, 2.45) is 0 Å². The topological polar surface area (TPSA) is 35.5 Å². The van der Waals surface area contributed by atoms with Gasteiger partial charge >= 0.3 is 12.1 Å². The van der Waals surface area contributed by atoms with Gasteiger partial charge in [-0.3, -0.25) is 4.79 Å². The summed E-state index contributed by atoms with van der Waals surface area (Å²) in [6, 6.07) is 12.5. The zero-order valence-electron chi connectivity index (χ0n) is 19.8. The summed E-state index contributed by atoms with van der Waals surface area (Å²) in [5, 5.41) is 0. The molecule has 0 radical (unpaired) electrons. The Morgan fingerprint density at radius 2 is 1.71 bits per heavy atom. The molecule has 0 N–H and O–H groups in total. The molecule has 182 valence electrons. The Hall–Kier alpha value is -2.80. The van der Waals surface area contributed by atoms with Crippen molar-refractivity contribution in [3.63, 3.8) is 0 Å². The summed E-state index contributed by atoms with van der Waals surface area (Å²) in [6.45, 7) is 8.07. The number of thiophene rings is 1. The van der Waals surface area contributed by atoms with Crippen molar-refractivity contribution in [2.45, 2.75) is 59.7 Å². The molecule has 0 fully saturated rings. The number of halogens is 3. The van der Waals surface area contributed by atoms with E-state index >= 15 is 0 Å². The second-order valence-corrected chi connectivity index (χ2v) is 9.20. The highest BCUT2D eigenvalue weighted by atomic mass is 32.1. The van der Waals surface area contributed by atoms with E-state index in [2.05, 4.69) is 0 Å². The van der Waals surface area contributed by atoms with E-state index in [1.54, 1.807) is 6.92 Å². The number of hydrogen-bond acceptors (Lipinski definition) is 4. The number of esters is 1. The maximum atomic E-state index is 13.5. The number of carbonyl (C=O) groups is 1. The van der Waals surface area contributed by atoms with Gasteiger partial charge < -0.3 is 9.47 Å². The molecule has 0 unspecified atom stereocenters. The Bertz CT molecular complexity index is 1130. The largest absolute Gasteiger partial charge is 0.488 e. The molecule has 0 spiro atoms. The number of carbonyl (C=O) groups excluding carboxylic acids is 1. The summed E-state index contributed by atoms with van der Waals surface area (Å²) < 4.78 is 51.4. The second kappa shape index (κ2) is 11.1. The average molecular weight is 491 g/mol. The SMILES string of the molecule is CCOC(=O)CCc1ccc(OCc2sc(C(F)(F)F)cc2-c2ccc(CC)cc2)c(C)c1C. The molecule has 0 aliphatic rings. The number of aryl methyl sites for hydroxylation is 2. The highest BCUT2D eigenvalue weighted by Crippen LogP contribution is 2.41. The van der Waals surface area contributed by atoms with Gasteiger partial charge in [-0.15, -0.1) is 11.3 Å². The fraction of sp³-hybridized carbons (Fsp3) is 0.370. The summed E-state index contributed by atoms with van der Waals surface area (Å²) in [6.07, 6.45) is -2.69. The van der Waals surface area contributed by atoms with E-state index in [0.717, 1.165) is 45.6 Å². The lowest BCUT2D eigenvalue weighted by molar-refractivity contribution is -0.143. The van der Waals surface area contributed by atoms with Gasteiger partial charge in [0.1, 0.15) is 17.2 Å². The van der Waals surface area contributed by atoms with Crippen LogP contribution in [-0.2, 0) is 35.2 Å². The van der Waals surface area contributed by atoms with Gasteiger partial charge in [0.25, 0.3) is 0 Å². The van der Waals surface area contributed by atoms with E-state index in [9.17, 15) is 18.0 Å². The molecule has 0 bridgehead atoms. The first-order chi connectivity index (χ1) is 16.1. The van der Waals surface area contributed by atoms with Crippen LogP contribution < -0.4 is 4.74 Å². The first kappa shape index (κ1) is 25.8. The molecule has 0 atom stereocenters. The van der Waals surface area contributed by atoms with Crippen LogP contribution in [0.5, 0.6) is 5.75 Å². The molecule has 1 heterocycles. The van der Waals surface area contributed by atoms with Gasteiger partial charge in [-0.25, -0.2) is 0 Å². The van der Waals surface area contributed by atoms with E-state index in [0.29, 0.717) is 35.6 Å². The molecule has 7 heteroatoms. The van der Waals surface area contributed by atoms with Crippen LogP contribution in [-0.4, -0.2) is 12.6 Å². The Kier molecular flexibility index (Phi) is 8.42. The van der Waals surface area contributed by atoms with Gasteiger partial charge in [0.15, 0.2) is 0 Å². The Morgan fingerprint density at radius 1 is 1.00 bits per heavy atom. The predicted molar refractivity (Wildman–Crippen MR) is 129 cm³/mol. The fourth-order valence-corrected chi connectivity index (χ4v) is 4.69. The minimum absolute atomic E-state index is 0.0358. The molecule has 0 aliphatic heterocycles. The third kappa shape index (κ3) is 6.20. The number of rotatable bonds is 9. The smallest absolute Gasteiger partial charge is 0.425 e. The zero-order valence-corrected chi connectivity index (χ0v) is 20.7. The van der Waals surface area contributed by atoms with Crippen LogP contribution in [0.1, 0.15) is 52.3 Å². The fourth-order valence-electron chi connectivity index (χ4n) is 3.73. The van der Waals surface area contributed by atoms with Gasteiger partial charge in [-0.05, 0) is 79.1 Å². The first-order valence-electron chi connectivity index (χ1n) is 11.3. The highest BCUT2D eigenvalue weighted by molar-refractivity contribution is 7.12. The first-order valence-corrected chi connectivity index (χ1v) is 12.1. The molecule has 3 nitrogen and oxygen atoms in total. The summed E-state index contributed by atoms with van der Waals surface area (Å²) in [5.41, 5.74) is 5.33. The second-order valence-electron chi connectivity index (χ2n) is 8.06. The van der Waals surface area contributed by atoms with Gasteiger partial charge in [0.05, 0.1) is 11.5 Å². The molecule has 1 aromatic heterocycles. The van der Waals surface area contributed by atoms with Crippen molar-refractivity contribution >= 4 is 17.3 Å². The molecule has 2 aromatic carbocycles. The molecule has 0 saturated carbocycles. The van der Waals surface area contributed by atoms with E-state index < -0.39 is 11.1 Å². The third-order valence-electron chi connectivity index (χ3n) is 5.87. The van der Waals surface area contributed by atoms with Crippen molar-refractivity contribution in [3.05, 3.63) is 74.5 Å². The molecule has 0 saturated heterocycles. The minimum Gasteiger partial charge on any atom is -0.488 e. The molecule has 0 amide bonds. The molecular formula is C27H29F3O3S. The quantitative estimate of drug-likeness (QED) is 0.289. The minimum atomic E-state index is -4.41. The van der Waals surface area contributed by atoms with Gasteiger partial charge in [0.2, 0.25) is 0 Å². The van der Waals surface area contributed by atoms with Crippen molar-refractivity contribution in [1.29, 1.82) is 0 Å². The van der Waals surface area contributed by atoms with E-state index in [1.807, 2.05) is 57.2 Å². The summed E-state index contributed by atoms with van der Waals surface area (Å²) in [7, 11) is 0. The lowest BCUT2D eigenvalue weighted by Crippen LogP contribution is -2.06. The zero-order chi connectivity index (χ0) is 24.9. The van der Waals surface area contributed by atoms with Crippen molar-refractivity contribution < 1.29 is 27.4 Å². The maximum Gasteiger partial charge on any atom is 0.425 e. The third-order valence-corrected chi connectivity index (χ3v) is 7.03. The standard InChI is InChI=1S/C27H29F3O3S/c1-5-19-7-9-21(10-8-19)22-15-25(27(28,29)30)34-24(22)16-33-23-13-11-20(17(3)18(23)4)12-14-26(31)32-6-2/h7-11,13,15H,5-6,12,14,16H2,1-4H3. The van der Waals surface area contributed by atoms with Crippen LogP contribution >= 0.6 is 11.3 Å². The number of hydrogen-bond donors (Lipinski definition) is 0. The Labute approximate surface area is 202 Å². The number of ether oxygens (including phenoxy) is 2. The Balaban J connectivity index is 1.82. The molecule has 3 rings (SSSR count). The van der Waals surface area contributed by atoms with Gasteiger partial charge in [-0.2, -0.15) is 13.2 Å². The lowest BCUT2D eigenvalue weighted by atomic mass is 9.99. The maximum absolute atomic E-state index is 13.5. The van der Waals surface area contributed by atoms with Crippen LogP contribution in [0.4, 0.5) is 13.2 Å². The normalized spacial score (nSPS) is 11.5. The van der Waals surface area contributed by atoms with Gasteiger partial charge in [-0.1, -0.05) is 37.3 Å². The van der Waals surface area contributed by atoms with Crippen LogP contribution in [0.3, 0.4) is 0 Å². The lowest BCUT2D eigenvalue weighted by Gasteiger charge is -2.15. The summed E-state index contributed by atoms with van der Waals surface area (Å²) >= 11 is 0.718. The summed E-state index contributed by atoms with van der Waals surface area (Å²) in [5.74, 6) is 0.379. The highest BCUT2D eigenvalue weighted by Gasteiger charge is 2.34. The van der Waals surface area contributed by atoms with Crippen molar-refractivity contribution in [3.8, 4) is 16.9 Å².